The fourth-order valence-electron chi connectivity index (χ4n) is 2.11. The normalized spacial score (nSPS) is 15.0. The Morgan fingerprint density at radius 1 is 1.48 bits per heavy atom. The summed E-state index contributed by atoms with van der Waals surface area (Å²) in [6, 6.07) is 0.206. The maximum Gasteiger partial charge on any atom is 0.263 e. The molecule has 21 heavy (non-hydrogen) atoms. The predicted molar refractivity (Wildman–Crippen MR) is 85.9 cm³/mol. The summed E-state index contributed by atoms with van der Waals surface area (Å²) < 4.78 is 24.0. The van der Waals surface area contributed by atoms with E-state index in [2.05, 4.69) is 5.32 Å². The molecule has 118 valence electrons. The van der Waals surface area contributed by atoms with Crippen LogP contribution in [0.15, 0.2) is 4.90 Å². The van der Waals surface area contributed by atoms with Gasteiger partial charge < -0.3 is 16.0 Å². The first-order valence-electron chi connectivity index (χ1n) is 6.90. The van der Waals surface area contributed by atoms with Crippen molar-refractivity contribution < 1.29 is 13.2 Å². The van der Waals surface area contributed by atoms with E-state index in [1.807, 2.05) is 18.9 Å². The van der Waals surface area contributed by atoms with Crippen LogP contribution < -0.4 is 16.0 Å². The molecule has 1 aromatic rings. The Labute approximate surface area is 129 Å². The monoisotopic (exact) mass is 331 g/mol. The van der Waals surface area contributed by atoms with Gasteiger partial charge in [-0.2, -0.15) is 0 Å². The molecule has 1 aliphatic carbocycles. The summed E-state index contributed by atoms with van der Waals surface area (Å²) in [6.07, 6.45) is 3.94. The van der Waals surface area contributed by atoms with Crippen LogP contribution in [0.3, 0.4) is 0 Å². The van der Waals surface area contributed by atoms with Gasteiger partial charge in [-0.1, -0.05) is 6.92 Å². The summed E-state index contributed by atoms with van der Waals surface area (Å²) >= 11 is 1.15. The fraction of sp³-hybridized carbons (Fsp3) is 0.615. The number of nitrogens with one attached hydrogen (secondary N) is 1. The standard InChI is InChI=1S/C13H21N3O3S2/c1-4-7-16(2)13-11(21(3,18)19)9(14)10(20-13)12(17)15-8-5-6-8/h8H,4-7,14H2,1-3H3,(H,15,17). The molecule has 3 N–H and O–H groups in total. The molecule has 0 radical (unpaired) electrons. The molecule has 0 unspecified atom stereocenters. The third kappa shape index (κ3) is 3.49. The van der Waals surface area contributed by atoms with E-state index in [0.29, 0.717) is 16.4 Å². The van der Waals surface area contributed by atoms with Crippen LogP contribution in [-0.4, -0.2) is 40.2 Å². The summed E-state index contributed by atoms with van der Waals surface area (Å²) in [4.78, 5) is 14.4. The molecule has 0 atom stereocenters. The molecule has 2 rings (SSSR count). The van der Waals surface area contributed by atoms with Gasteiger partial charge in [0.25, 0.3) is 5.91 Å². The number of amides is 1. The van der Waals surface area contributed by atoms with Crippen LogP contribution in [0.2, 0.25) is 0 Å². The molecule has 8 heteroatoms. The minimum atomic E-state index is -3.49. The summed E-state index contributed by atoms with van der Waals surface area (Å²) in [7, 11) is -1.68. The zero-order chi connectivity index (χ0) is 15.8. The minimum absolute atomic E-state index is 0.0682. The number of carbonyl (C=O) groups is 1. The number of nitrogens with zero attached hydrogens (tertiary/aromatic N) is 1. The topological polar surface area (TPSA) is 92.5 Å². The summed E-state index contributed by atoms with van der Waals surface area (Å²) in [5.74, 6) is -0.277. The first kappa shape index (κ1) is 16.1. The van der Waals surface area contributed by atoms with Crippen LogP contribution in [-0.2, 0) is 9.84 Å². The third-order valence-corrected chi connectivity index (χ3v) is 5.88. The highest BCUT2D eigenvalue weighted by atomic mass is 32.2. The van der Waals surface area contributed by atoms with Crippen molar-refractivity contribution in [1.29, 1.82) is 0 Å². The maximum atomic E-state index is 12.2. The van der Waals surface area contributed by atoms with E-state index >= 15 is 0 Å². The smallest absolute Gasteiger partial charge is 0.263 e. The fourth-order valence-corrected chi connectivity index (χ4v) is 4.74. The molecule has 1 saturated carbocycles. The van der Waals surface area contributed by atoms with E-state index in [1.165, 1.54) is 0 Å². The first-order valence-corrected chi connectivity index (χ1v) is 9.60. The third-order valence-electron chi connectivity index (χ3n) is 3.28. The van der Waals surface area contributed by atoms with Gasteiger partial charge in [-0.3, -0.25) is 4.79 Å². The number of nitrogens with two attached hydrogens (primary N) is 1. The van der Waals surface area contributed by atoms with Gasteiger partial charge in [-0.05, 0) is 19.3 Å². The Balaban J connectivity index is 2.45. The molecule has 0 spiro atoms. The van der Waals surface area contributed by atoms with E-state index in [-0.39, 0.29) is 22.5 Å². The van der Waals surface area contributed by atoms with Crippen molar-refractivity contribution in [3.8, 4) is 0 Å². The lowest BCUT2D eigenvalue weighted by atomic mass is 10.3. The van der Waals surface area contributed by atoms with Crippen LogP contribution in [0.25, 0.3) is 0 Å². The zero-order valence-electron chi connectivity index (χ0n) is 12.5. The molecule has 6 nitrogen and oxygen atoms in total. The Bertz CT molecular complexity index is 648. The van der Waals surface area contributed by atoms with Gasteiger partial charge in [0.1, 0.15) is 14.8 Å². The van der Waals surface area contributed by atoms with Crippen molar-refractivity contribution in [2.45, 2.75) is 37.1 Å². The van der Waals surface area contributed by atoms with E-state index < -0.39 is 9.84 Å². The number of thiophene rings is 1. The molecular weight excluding hydrogens is 310 g/mol. The first-order chi connectivity index (χ1) is 9.75. The second-order valence-corrected chi connectivity index (χ2v) is 8.37. The molecule has 1 aliphatic rings. The molecule has 1 heterocycles. The van der Waals surface area contributed by atoms with Crippen molar-refractivity contribution in [1.82, 2.24) is 5.32 Å². The number of nitrogen functional groups attached to an aromatic ring is 1. The number of carbonyl (C=O) groups excluding carboxylic acids is 1. The molecule has 0 saturated heterocycles. The molecule has 0 aliphatic heterocycles. The number of anilines is 2. The van der Waals surface area contributed by atoms with Crippen LogP contribution in [0.5, 0.6) is 0 Å². The summed E-state index contributed by atoms with van der Waals surface area (Å²) in [6.45, 7) is 2.71. The van der Waals surface area contributed by atoms with Gasteiger partial charge in [-0.15, -0.1) is 11.3 Å². The van der Waals surface area contributed by atoms with Crippen molar-refractivity contribution >= 4 is 37.8 Å². The summed E-state index contributed by atoms with van der Waals surface area (Å²) in [5.41, 5.74) is 6.03. The van der Waals surface area contributed by atoms with E-state index in [0.717, 1.165) is 36.9 Å². The van der Waals surface area contributed by atoms with E-state index in [4.69, 9.17) is 5.73 Å². The lowest BCUT2D eigenvalue weighted by molar-refractivity contribution is 0.0956. The molecule has 1 fully saturated rings. The molecule has 0 aromatic carbocycles. The number of sulfone groups is 1. The van der Waals surface area contributed by atoms with Crippen LogP contribution in [0.1, 0.15) is 35.9 Å². The quantitative estimate of drug-likeness (QED) is 0.823. The van der Waals surface area contributed by atoms with Crippen LogP contribution >= 0.6 is 11.3 Å². The van der Waals surface area contributed by atoms with Gasteiger partial charge in [0.2, 0.25) is 0 Å². The van der Waals surface area contributed by atoms with Gasteiger partial charge in [0.15, 0.2) is 9.84 Å². The highest BCUT2D eigenvalue weighted by Gasteiger charge is 2.31. The molecular formula is C13H21N3O3S2. The van der Waals surface area contributed by atoms with Crippen LogP contribution in [0, 0.1) is 0 Å². The van der Waals surface area contributed by atoms with Crippen molar-refractivity contribution in [3.05, 3.63) is 4.88 Å². The van der Waals surface area contributed by atoms with E-state index in [9.17, 15) is 13.2 Å². The molecule has 1 aromatic heterocycles. The second kappa shape index (κ2) is 5.84. The summed E-state index contributed by atoms with van der Waals surface area (Å²) in [5, 5.41) is 3.39. The van der Waals surface area contributed by atoms with Gasteiger partial charge in [-0.25, -0.2) is 8.42 Å². The van der Waals surface area contributed by atoms with Gasteiger partial charge in [0.05, 0.1) is 5.69 Å². The Morgan fingerprint density at radius 2 is 2.10 bits per heavy atom. The predicted octanol–water partition coefficient (Wildman–Crippen LogP) is 1.47. The highest BCUT2D eigenvalue weighted by molar-refractivity contribution is 7.91. The lowest BCUT2D eigenvalue weighted by Crippen LogP contribution is -2.25. The van der Waals surface area contributed by atoms with Crippen molar-refractivity contribution in [2.75, 3.05) is 30.5 Å². The van der Waals surface area contributed by atoms with Crippen molar-refractivity contribution in [3.63, 3.8) is 0 Å². The van der Waals surface area contributed by atoms with Gasteiger partial charge >= 0.3 is 0 Å². The Kier molecular flexibility index (Phi) is 4.48. The maximum absolute atomic E-state index is 12.2. The Hall–Kier alpha value is -1.28. The average Bonchev–Trinajstić information content (AvgIpc) is 3.08. The largest absolute Gasteiger partial charge is 0.396 e. The highest BCUT2D eigenvalue weighted by Crippen LogP contribution is 2.41. The van der Waals surface area contributed by atoms with Gasteiger partial charge in [0, 0.05) is 25.9 Å². The molecule has 0 bridgehead atoms. The van der Waals surface area contributed by atoms with Crippen LogP contribution in [0.4, 0.5) is 10.7 Å². The lowest BCUT2D eigenvalue weighted by Gasteiger charge is -2.17. The minimum Gasteiger partial charge on any atom is -0.396 e. The Morgan fingerprint density at radius 3 is 2.57 bits per heavy atom. The average molecular weight is 331 g/mol. The molecule has 1 amide bonds. The number of hydrogen-bond acceptors (Lipinski definition) is 6. The second-order valence-electron chi connectivity index (χ2n) is 5.42. The SMILES string of the molecule is CCCN(C)c1sc(C(=O)NC2CC2)c(N)c1S(C)(=O)=O. The zero-order valence-corrected chi connectivity index (χ0v) is 14.1. The van der Waals surface area contributed by atoms with Crippen molar-refractivity contribution in [2.24, 2.45) is 0 Å². The number of rotatable bonds is 6. The number of hydrogen-bond donors (Lipinski definition) is 2. The van der Waals surface area contributed by atoms with E-state index in [1.54, 1.807) is 0 Å².